The molecule has 0 amide bonds. The predicted molar refractivity (Wildman–Crippen MR) is 54.1 cm³/mol. The van der Waals surface area contributed by atoms with Crippen LogP contribution in [-0.2, 0) is 0 Å². The number of aryl methyl sites for hydroxylation is 2. The smallest absolute Gasteiger partial charge is 0.0530 e. The van der Waals surface area contributed by atoms with Crippen molar-refractivity contribution < 1.29 is 0 Å². The average molecular weight is 182 g/mol. The Bertz CT molecular complexity index is 329. The molecule has 2 N–H and O–H groups in total. The summed E-state index contributed by atoms with van der Waals surface area (Å²) in [7, 11) is 0. The fourth-order valence-electron chi connectivity index (χ4n) is 1.17. The topological polar surface area (TPSA) is 26.0 Å². The van der Waals surface area contributed by atoms with Gasteiger partial charge in [-0.3, -0.25) is 0 Å². The summed E-state index contributed by atoms with van der Waals surface area (Å²) in [5.41, 5.74) is 9.11. The number of hydrogen-bond acceptors (Lipinski definition) is 1. The molecule has 0 bridgehead atoms. The first kappa shape index (κ1) is 9.14. The third-order valence-corrected chi connectivity index (χ3v) is 2.35. The van der Waals surface area contributed by atoms with Crippen LogP contribution >= 0.6 is 11.6 Å². The van der Waals surface area contributed by atoms with Gasteiger partial charge in [-0.2, -0.15) is 0 Å². The number of nitrogens with two attached hydrogens (primary N) is 1. The molecule has 2 heteroatoms. The van der Waals surface area contributed by atoms with E-state index in [2.05, 4.69) is 6.58 Å². The lowest BCUT2D eigenvalue weighted by atomic mass is 10.0. The molecule has 0 saturated heterocycles. The predicted octanol–water partition coefficient (Wildman–Crippen LogP) is 2.89. The number of rotatable bonds is 1. The van der Waals surface area contributed by atoms with E-state index in [-0.39, 0.29) is 0 Å². The van der Waals surface area contributed by atoms with Crippen molar-refractivity contribution in [3.8, 4) is 0 Å². The Morgan fingerprint density at radius 3 is 2.25 bits per heavy atom. The van der Waals surface area contributed by atoms with Crippen LogP contribution in [0.1, 0.15) is 16.7 Å². The van der Waals surface area contributed by atoms with Crippen LogP contribution in [0.25, 0.3) is 5.70 Å². The third kappa shape index (κ3) is 1.46. The van der Waals surface area contributed by atoms with Gasteiger partial charge in [0.25, 0.3) is 0 Å². The molecule has 0 unspecified atom stereocenters. The van der Waals surface area contributed by atoms with E-state index in [0.29, 0.717) is 10.7 Å². The van der Waals surface area contributed by atoms with Crippen LogP contribution in [0.4, 0.5) is 0 Å². The minimum atomic E-state index is 0.529. The summed E-state index contributed by atoms with van der Waals surface area (Å²) >= 11 is 6.05. The summed E-state index contributed by atoms with van der Waals surface area (Å²) in [6.07, 6.45) is 0. The molecule has 0 atom stereocenters. The summed E-state index contributed by atoms with van der Waals surface area (Å²) < 4.78 is 0. The Labute approximate surface area is 77.8 Å². The molecule has 1 aromatic carbocycles. The molecule has 0 radical (unpaired) electrons. The molecule has 64 valence electrons. The van der Waals surface area contributed by atoms with Crippen molar-refractivity contribution in [2.24, 2.45) is 5.73 Å². The second kappa shape index (κ2) is 3.20. The van der Waals surface area contributed by atoms with Gasteiger partial charge in [-0.15, -0.1) is 0 Å². The molecule has 0 heterocycles. The largest absolute Gasteiger partial charge is 0.399 e. The summed E-state index contributed by atoms with van der Waals surface area (Å²) in [6, 6.07) is 3.97. The van der Waals surface area contributed by atoms with Crippen molar-refractivity contribution in [1.29, 1.82) is 0 Å². The Hall–Kier alpha value is -0.950. The Morgan fingerprint density at radius 2 is 1.83 bits per heavy atom. The number of hydrogen-bond donors (Lipinski definition) is 1. The number of benzene rings is 1. The maximum absolute atomic E-state index is 6.05. The molecule has 0 saturated carbocycles. The molecule has 0 aliphatic heterocycles. The molecule has 0 aliphatic rings. The minimum Gasteiger partial charge on any atom is -0.399 e. The normalized spacial score (nSPS) is 9.92. The van der Waals surface area contributed by atoms with E-state index < -0.39 is 0 Å². The van der Waals surface area contributed by atoms with Gasteiger partial charge in [-0.05, 0) is 25.0 Å². The van der Waals surface area contributed by atoms with Crippen molar-refractivity contribution in [2.75, 3.05) is 0 Å². The van der Waals surface area contributed by atoms with Crippen LogP contribution in [0.15, 0.2) is 18.7 Å². The van der Waals surface area contributed by atoms with Crippen molar-refractivity contribution in [1.82, 2.24) is 0 Å². The van der Waals surface area contributed by atoms with E-state index in [9.17, 15) is 0 Å². The maximum Gasteiger partial charge on any atom is 0.0530 e. The minimum absolute atomic E-state index is 0.529. The summed E-state index contributed by atoms with van der Waals surface area (Å²) in [6.45, 7) is 7.60. The molecule has 1 rings (SSSR count). The van der Waals surface area contributed by atoms with Gasteiger partial charge < -0.3 is 5.73 Å². The fourth-order valence-corrected chi connectivity index (χ4v) is 1.50. The van der Waals surface area contributed by atoms with Gasteiger partial charge >= 0.3 is 0 Å². The zero-order valence-electron chi connectivity index (χ0n) is 7.32. The van der Waals surface area contributed by atoms with E-state index >= 15 is 0 Å². The molecule has 0 fully saturated rings. The van der Waals surface area contributed by atoms with Gasteiger partial charge in [0.2, 0.25) is 0 Å². The first-order valence-electron chi connectivity index (χ1n) is 3.74. The summed E-state index contributed by atoms with van der Waals surface area (Å²) in [5.74, 6) is 0. The highest BCUT2D eigenvalue weighted by Gasteiger charge is 2.06. The van der Waals surface area contributed by atoms with Crippen LogP contribution in [0.3, 0.4) is 0 Å². The monoisotopic (exact) mass is 181 g/mol. The number of halogens is 1. The van der Waals surface area contributed by atoms with E-state index in [1.807, 2.05) is 26.0 Å². The first-order chi connectivity index (χ1) is 5.54. The van der Waals surface area contributed by atoms with Crippen molar-refractivity contribution in [3.05, 3.63) is 40.4 Å². The lowest BCUT2D eigenvalue weighted by Gasteiger charge is -2.09. The molecule has 1 aromatic rings. The quantitative estimate of drug-likeness (QED) is 0.709. The second-order valence-electron chi connectivity index (χ2n) is 2.91. The van der Waals surface area contributed by atoms with Gasteiger partial charge in [0.15, 0.2) is 0 Å². The highest BCUT2D eigenvalue weighted by atomic mass is 35.5. The average Bonchev–Trinajstić information content (AvgIpc) is 1.97. The summed E-state index contributed by atoms with van der Waals surface area (Å²) in [4.78, 5) is 0. The zero-order chi connectivity index (χ0) is 9.30. The lowest BCUT2D eigenvalue weighted by Crippen LogP contribution is -1.98. The SMILES string of the molecule is C=C(N)c1c(C)ccc(C)c1Cl. The van der Waals surface area contributed by atoms with Gasteiger partial charge in [-0.1, -0.05) is 30.3 Å². The van der Waals surface area contributed by atoms with Crippen LogP contribution in [0.2, 0.25) is 5.02 Å². The maximum atomic E-state index is 6.05. The Balaban J connectivity index is 3.43. The van der Waals surface area contributed by atoms with Crippen LogP contribution in [0.5, 0.6) is 0 Å². The Kier molecular flexibility index (Phi) is 2.43. The van der Waals surface area contributed by atoms with E-state index in [1.54, 1.807) is 0 Å². The van der Waals surface area contributed by atoms with Crippen molar-refractivity contribution in [3.63, 3.8) is 0 Å². The molecule has 12 heavy (non-hydrogen) atoms. The third-order valence-electron chi connectivity index (χ3n) is 1.86. The second-order valence-corrected chi connectivity index (χ2v) is 3.29. The van der Waals surface area contributed by atoms with E-state index in [0.717, 1.165) is 16.7 Å². The van der Waals surface area contributed by atoms with Gasteiger partial charge in [0, 0.05) is 11.3 Å². The molecule has 1 nitrogen and oxygen atoms in total. The first-order valence-corrected chi connectivity index (χ1v) is 4.12. The van der Waals surface area contributed by atoms with E-state index in [1.165, 1.54) is 0 Å². The van der Waals surface area contributed by atoms with Crippen LogP contribution < -0.4 is 5.73 Å². The van der Waals surface area contributed by atoms with Gasteiger partial charge in [0.1, 0.15) is 0 Å². The van der Waals surface area contributed by atoms with Crippen molar-refractivity contribution >= 4 is 17.3 Å². The van der Waals surface area contributed by atoms with Crippen molar-refractivity contribution in [2.45, 2.75) is 13.8 Å². The molecular weight excluding hydrogens is 170 g/mol. The Morgan fingerprint density at radius 1 is 1.33 bits per heavy atom. The van der Waals surface area contributed by atoms with Crippen LogP contribution in [-0.4, -0.2) is 0 Å². The van der Waals surface area contributed by atoms with Crippen LogP contribution in [0, 0.1) is 13.8 Å². The zero-order valence-corrected chi connectivity index (χ0v) is 8.07. The molecular formula is C10H12ClN. The lowest BCUT2D eigenvalue weighted by molar-refractivity contribution is 1.34. The summed E-state index contributed by atoms with van der Waals surface area (Å²) in [5, 5.41) is 0.711. The molecule has 0 aliphatic carbocycles. The van der Waals surface area contributed by atoms with E-state index in [4.69, 9.17) is 17.3 Å². The van der Waals surface area contributed by atoms with Gasteiger partial charge in [0.05, 0.1) is 5.02 Å². The molecule has 0 spiro atoms. The highest BCUT2D eigenvalue weighted by Crippen LogP contribution is 2.26. The highest BCUT2D eigenvalue weighted by molar-refractivity contribution is 6.33. The molecule has 0 aromatic heterocycles. The van der Waals surface area contributed by atoms with Gasteiger partial charge in [-0.25, -0.2) is 0 Å². The fraction of sp³-hybridized carbons (Fsp3) is 0.200. The standard InChI is InChI=1S/C10H12ClN/c1-6-4-5-7(2)10(11)9(6)8(3)12/h4-5H,3,12H2,1-2H3.